The second-order valence-corrected chi connectivity index (χ2v) is 2.40. The first-order valence-electron chi connectivity index (χ1n) is 3.44. The molecule has 0 atom stereocenters. The Bertz CT molecular complexity index is 242. The highest BCUT2D eigenvalue weighted by atomic mass is 17.2. The molecule has 0 saturated heterocycles. The second kappa shape index (κ2) is 2.88. The molecule has 0 amide bonds. The number of carbonyl (C=O) groups is 2. The van der Waals surface area contributed by atoms with E-state index in [-0.39, 0.29) is 6.42 Å². The van der Waals surface area contributed by atoms with Crippen LogP contribution in [0.1, 0.15) is 20.3 Å². The summed E-state index contributed by atoms with van der Waals surface area (Å²) in [4.78, 5) is 29.6. The second-order valence-electron chi connectivity index (χ2n) is 2.40. The summed E-state index contributed by atoms with van der Waals surface area (Å²) in [5.41, 5.74) is -1.14. The van der Waals surface area contributed by atoms with Gasteiger partial charge in [-0.3, -0.25) is 0 Å². The molecule has 12 heavy (non-hydrogen) atoms. The van der Waals surface area contributed by atoms with E-state index in [2.05, 4.69) is 20.0 Å². The van der Waals surface area contributed by atoms with Crippen LogP contribution < -0.4 is 0 Å². The summed E-state index contributed by atoms with van der Waals surface area (Å²) in [6, 6.07) is 0. The van der Waals surface area contributed by atoms with Gasteiger partial charge in [0.2, 0.25) is 0 Å². The first-order chi connectivity index (χ1) is 5.58. The van der Waals surface area contributed by atoms with Crippen LogP contribution >= 0.6 is 0 Å². The Labute approximate surface area is 68.5 Å². The molecule has 0 saturated carbocycles. The molecule has 0 aromatic carbocycles. The van der Waals surface area contributed by atoms with Gasteiger partial charge in [0.15, 0.2) is 0 Å². The third-order valence-corrected chi connectivity index (χ3v) is 1.29. The van der Waals surface area contributed by atoms with Crippen molar-refractivity contribution >= 4 is 11.9 Å². The van der Waals surface area contributed by atoms with Crippen LogP contribution in [0.2, 0.25) is 0 Å². The van der Waals surface area contributed by atoms with E-state index in [9.17, 15) is 9.59 Å². The quantitative estimate of drug-likeness (QED) is 0.450. The lowest BCUT2D eigenvalue weighted by atomic mass is 10.3. The summed E-state index contributed by atoms with van der Waals surface area (Å²) in [5, 5.41) is 6.79. The standard InChI is InChI=1S/C6H8N2O4/c1-3-4(9)11-12-5(10)6(2)7-8-6/h3H2,1-2H3. The fourth-order valence-electron chi connectivity index (χ4n) is 0.379. The molecule has 0 bridgehead atoms. The molecule has 0 aromatic heterocycles. The minimum absolute atomic E-state index is 0.151. The third-order valence-electron chi connectivity index (χ3n) is 1.29. The molecule has 66 valence electrons. The Morgan fingerprint density at radius 2 is 1.92 bits per heavy atom. The minimum Gasteiger partial charge on any atom is -0.247 e. The zero-order valence-corrected chi connectivity index (χ0v) is 6.73. The lowest BCUT2D eigenvalue weighted by Gasteiger charge is -2.02. The van der Waals surface area contributed by atoms with Gasteiger partial charge in [0.25, 0.3) is 5.66 Å². The van der Waals surface area contributed by atoms with Crippen LogP contribution in [0.15, 0.2) is 10.2 Å². The predicted molar refractivity (Wildman–Crippen MR) is 35.7 cm³/mol. The van der Waals surface area contributed by atoms with Crippen molar-refractivity contribution in [2.75, 3.05) is 0 Å². The van der Waals surface area contributed by atoms with Gasteiger partial charge in [-0.1, -0.05) is 6.92 Å². The number of rotatable bonds is 2. The van der Waals surface area contributed by atoms with Crippen LogP contribution in [-0.4, -0.2) is 17.6 Å². The first-order valence-corrected chi connectivity index (χ1v) is 3.44. The van der Waals surface area contributed by atoms with Gasteiger partial charge in [-0.2, -0.15) is 0 Å². The average Bonchev–Trinajstić information content (AvgIpc) is 2.80. The van der Waals surface area contributed by atoms with Crippen molar-refractivity contribution in [1.29, 1.82) is 0 Å². The molecule has 0 aromatic rings. The Kier molecular flexibility index (Phi) is 2.07. The molecule has 0 N–H and O–H groups in total. The van der Waals surface area contributed by atoms with Gasteiger partial charge in [-0.25, -0.2) is 19.4 Å². The smallest absolute Gasteiger partial charge is 0.247 e. The largest absolute Gasteiger partial charge is 0.408 e. The molecule has 0 fully saturated rings. The van der Waals surface area contributed by atoms with Crippen LogP contribution in [0.25, 0.3) is 0 Å². The van der Waals surface area contributed by atoms with Crippen LogP contribution in [0, 0.1) is 0 Å². The molecule has 1 rings (SSSR count). The van der Waals surface area contributed by atoms with Gasteiger partial charge in [-0.05, 0) is 6.92 Å². The Morgan fingerprint density at radius 1 is 1.33 bits per heavy atom. The van der Waals surface area contributed by atoms with Gasteiger partial charge in [0.05, 0.1) is 0 Å². The van der Waals surface area contributed by atoms with Crippen molar-refractivity contribution in [2.45, 2.75) is 25.9 Å². The lowest BCUT2D eigenvalue weighted by Crippen LogP contribution is -2.24. The predicted octanol–water partition coefficient (Wildman–Crippen LogP) is 0.580. The molecule has 0 radical (unpaired) electrons. The molecular formula is C6H8N2O4. The van der Waals surface area contributed by atoms with Gasteiger partial charge in [0, 0.05) is 6.42 Å². The summed E-state index contributed by atoms with van der Waals surface area (Å²) in [5.74, 6) is -1.38. The van der Waals surface area contributed by atoms with Crippen LogP contribution in [0.5, 0.6) is 0 Å². The zero-order chi connectivity index (χ0) is 9.19. The number of carbonyl (C=O) groups excluding carboxylic acids is 2. The molecule has 6 nitrogen and oxygen atoms in total. The maximum absolute atomic E-state index is 10.9. The molecule has 1 aliphatic rings. The summed E-state index contributed by atoms with van der Waals surface area (Å²) in [6.07, 6.45) is 0.151. The fourth-order valence-corrected chi connectivity index (χ4v) is 0.379. The van der Waals surface area contributed by atoms with E-state index in [0.717, 1.165) is 0 Å². The fraction of sp³-hybridized carbons (Fsp3) is 0.667. The first kappa shape index (κ1) is 8.63. The topological polar surface area (TPSA) is 77.3 Å². The van der Waals surface area contributed by atoms with E-state index in [1.165, 1.54) is 6.92 Å². The van der Waals surface area contributed by atoms with Crippen molar-refractivity contribution < 1.29 is 19.4 Å². The van der Waals surface area contributed by atoms with E-state index in [0.29, 0.717) is 0 Å². The Hall–Kier alpha value is -1.46. The molecular weight excluding hydrogens is 164 g/mol. The summed E-state index contributed by atoms with van der Waals surface area (Å²) >= 11 is 0. The van der Waals surface area contributed by atoms with Crippen LogP contribution in [0.4, 0.5) is 0 Å². The minimum atomic E-state index is -1.14. The van der Waals surface area contributed by atoms with E-state index in [1.54, 1.807) is 6.92 Å². The highest BCUT2D eigenvalue weighted by molar-refractivity contribution is 5.82. The molecule has 1 aliphatic heterocycles. The Balaban J connectivity index is 2.24. The van der Waals surface area contributed by atoms with Crippen molar-refractivity contribution in [3.8, 4) is 0 Å². The average molecular weight is 172 g/mol. The van der Waals surface area contributed by atoms with Crippen molar-refractivity contribution in [2.24, 2.45) is 10.2 Å². The molecule has 0 unspecified atom stereocenters. The summed E-state index contributed by atoms with van der Waals surface area (Å²) < 4.78 is 0. The van der Waals surface area contributed by atoms with E-state index < -0.39 is 17.6 Å². The van der Waals surface area contributed by atoms with E-state index >= 15 is 0 Å². The molecule has 0 aliphatic carbocycles. The van der Waals surface area contributed by atoms with Gasteiger partial charge in [0.1, 0.15) is 0 Å². The molecule has 0 spiro atoms. The lowest BCUT2D eigenvalue weighted by molar-refractivity contribution is -0.260. The Morgan fingerprint density at radius 3 is 2.33 bits per heavy atom. The highest BCUT2D eigenvalue weighted by Crippen LogP contribution is 2.28. The van der Waals surface area contributed by atoms with Crippen LogP contribution in [-0.2, 0) is 19.4 Å². The molecule has 6 heteroatoms. The number of hydrogen-bond acceptors (Lipinski definition) is 6. The SMILES string of the molecule is CCC(=O)OOC(=O)C1(C)N=N1. The van der Waals surface area contributed by atoms with Crippen molar-refractivity contribution in [3.63, 3.8) is 0 Å². The number of hydrogen-bond donors (Lipinski definition) is 0. The van der Waals surface area contributed by atoms with E-state index in [1.807, 2.05) is 0 Å². The van der Waals surface area contributed by atoms with E-state index in [4.69, 9.17) is 0 Å². The normalized spacial score (nSPS) is 16.8. The summed E-state index contributed by atoms with van der Waals surface area (Å²) in [6.45, 7) is 3.04. The van der Waals surface area contributed by atoms with Gasteiger partial charge < -0.3 is 0 Å². The zero-order valence-electron chi connectivity index (χ0n) is 6.73. The van der Waals surface area contributed by atoms with Gasteiger partial charge in [-0.15, -0.1) is 10.2 Å². The summed E-state index contributed by atoms with van der Waals surface area (Å²) in [7, 11) is 0. The van der Waals surface area contributed by atoms with Crippen molar-refractivity contribution in [3.05, 3.63) is 0 Å². The van der Waals surface area contributed by atoms with Gasteiger partial charge >= 0.3 is 11.9 Å². The highest BCUT2D eigenvalue weighted by Gasteiger charge is 2.46. The number of nitrogens with zero attached hydrogens (tertiary/aromatic N) is 2. The monoisotopic (exact) mass is 172 g/mol. The maximum Gasteiger partial charge on any atom is 0.408 e. The third kappa shape index (κ3) is 1.77. The maximum atomic E-state index is 10.9. The van der Waals surface area contributed by atoms with Crippen LogP contribution in [0.3, 0.4) is 0 Å². The molecule has 1 heterocycles. The van der Waals surface area contributed by atoms with Crippen molar-refractivity contribution in [1.82, 2.24) is 0 Å².